The van der Waals surface area contributed by atoms with Crippen LogP contribution < -0.4 is 11.1 Å². The lowest BCUT2D eigenvalue weighted by Gasteiger charge is -2.20. The SMILES string of the molecule is CCOC(=O)[C@@H](N)Cc1ccc(O)c(NC(=O)OC(C)(C)C)c1. The van der Waals surface area contributed by atoms with Gasteiger partial charge in [-0.2, -0.15) is 0 Å². The third-order valence-corrected chi connectivity index (χ3v) is 2.74. The Labute approximate surface area is 135 Å². The van der Waals surface area contributed by atoms with Crippen molar-refractivity contribution < 1.29 is 24.2 Å². The van der Waals surface area contributed by atoms with E-state index in [0.717, 1.165) is 0 Å². The molecule has 0 aromatic heterocycles. The molecule has 1 amide bonds. The second-order valence-corrected chi connectivity index (χ2v) is 6.04. The lowest BCUT2D eigenvalue weighted by Crippen LogP contribution is -2.34. The van der Waals surface area contributed by atoms with Gasteiger partial charge in [-0.1, -0.05) is 6.07 Å². The molecule has 1 rings (SSSR count). The first-order valence-electron chi connectivity index (χ1n) is 7.36. The number of hydrogen-bond donors (Lipinski definition) is 3. The van der Waals surface area contributed by atoms with Crippen molar-refractivity contribution in [3.05, 3.63) is 23.8 Å². The molecular formula is C16H24N2O5. The summed E-state index contributed by atoms with van der Waals surface area (Å²) in [6.07, 6.45) is -0.457. The summed E-state index contributed by atoms with van der Waals surface area (Å²) in [5.41, 5.74) is 5.97. The fourth-order valence-corrected chi connectivity index (χ4v) is 1.81. The number of carbonyl (C=O) groups is 2. The molecule has 0 unspecified atom stereocenters. The number of phenols is 1. The van der Waals surface area contributed by atoms with Crippen molar-refractivity contribution in [2.75, 3.05) is 11.9 Å². The lowest BCUT2D eigenvalue weighted by molar-refractivity contribution is -0.144. The summed E-state index contributed by atoms with van der Waals surface area (Å²) in [5, 5.41) is 12.3. The van der Waals surface area contributed by atoms with Crippen molar-refractivity contribution in [2.45, 2.75) is 45.8 Å². The van der Waals surface area contributed by atoms with Gasteiger partial charge in [0, 0.05) is 0 Å². The van der Waals surface area contributed by atoms with Gasteiger partial charge in [0.15, 0.2) is 0 Å². The van der Waals surface area contributed by atoms with E-state index in [-0.39, 0.29) is 24.5 Å². The Morgan fingerprint density at radius 3 is 2.57 bits per heavy atom. The van der Waals surface area contributed by atoms with E-state index >= 15 is 0 Å². The Morgan fingerprint density at radius 1 is 1.35 bits per heavy atom. The summed E-state index contributed by atoms with van der Waals surface area (Å²) in [4.78, 5) is 23.3. The number of nitrogens with one attached hydrogen (secondary N) is 1. The van der Waals surface area contributed by atoms with Crippen molar-refractivity contribution in [1.82, 2.24) is 0 Å². The highest BCUT2D eigenvalue weighted by molar-refractivity contribution is 5.87. The van der Waals surface area contributed by atoms with Gasteiger partial charge in [0.25, 0.3) is 0 Å². The zero-order valence-electron chi connectivity index (χ0n) is 13.9. The average Bonchev–Trinajstić information content (AvgIpc) is 2.40. The second kappa shape index (κ2) is 7.82. The molecule has 0 aliphatic rings. The molecule has 0 aliphatic heterocycles. The first-order valence-corrected chi connectivity index (χ1v) is 7.36. The normalized spacial score (nSPS) is 12.4. The van der Waals surface area contributed by atoms with Crippen LogP contribution in [0.25, 0.3) is 0 Å². The number of benzene rings is 1. The molecule has 0 saturated heterocycles. The first-order chi connectivity index (χ1) is 10.6. The Kier molecular flexibility index (Phi) is 6.38. The van der Waals surface area contributed by atoms with Crippen LogP contribution in [0, 0.1) is 0 Å². The monoisotopic (exact) mass is 324 g/mol. The van der Waals surface area contributed by atoms with Gasteiger partial charge in [0.1, 0.15) is 17.4 Å². The number of carbonyl (C=O) groups excluding carboxylic acids is 2. The van der Waals surface area contributed by atoms with Crippen molar-refractivity contribution in [1.29, 1.82) is 0 Å². The largest absolute Gasteiger partial charge is 0.506 e. The number of ether oxygens (including phenoxy) is 2. The molecule has 1 aromatic carbocycles. The van der Waals surface area contributed by atoms with Crippen LogP contribution in [0.15, 0.2) is 18.2 Å². The van der Waals surface area contributed by atoms with Crippen LogP contribution >= 0.6 is 0 Å². The van der Waals surface area contributed by atoms with Gasteiger partial charge in [-0.25, -0.2) is 4.79 Å². The van der Waals surface area contributed by atoms with Crippen molar-refractivity contribution in [3.63, 3.8) is 0 Å². The molecule has 4 N–H and O–H groups in total. The number of aromatic hydroxyl groups is 1. The summed E-state index contributed by atoms with van der Waals surface area (Å²) in [5.74, 6) is -0.605. The number of hydrogen-bond acceptors (Lipinski definition) is 6. The minimum Gasteiger partial charge on any atom is -0.506 e. The van der Waals surface area contributed by atoms with Gasteiger partial charge in [-0.05, 0) is 51.8 Å². The molecule has 0 fully saturated rings. The number of rotatable bonds is 5. The summed E-state index contributed by atoms with van der Waals surface area (Å²) >= 11 is 0. The second-order valence-electron chi connectivity index (χ2n) is 6.04. The Bertz CT molecular complexity index is 566. The van der Waals surface area contributed by atoms with E-state index in [2.05, 4.69) is 5.32 Å². The highest BCUT2D eigenvalue weighted by Gasteiger charge is 2.19. The lowest BCUT2D eigenvalue weighted by atomic mass is 10.1. The number of esters is 1. The van der Waals surface area contributed by atoms with E-state index < -0.39 is 23.7 Å². The van der Waals surface area contributed by atoms with Crippen LogP contribution in [0.1, 0.15) is 33.3 Å². The number of anilines is 1. The molecule has 23 heavy (non-hydrogen) atoms. The standard InChI is InChI=1S/C16H24N2O5/c1-5-22-14(20)11(17)8-10-6-7-13(19)12(9-10)18-15(21)23-16(2,3)4/h6-7,9,11,19H,5,8,17H2,1-4H3,(H,18,21)/t11-/m0/s1. The minimum atomic E-state index is -0.811. The minimum absolute atomic E-state index is 0.107. The predicted octanol–water partition coefficient (Wildman–Crippen LogP) is 2.17. The van der Waals surface area contributed by atoms with E-state index in [1.807, 2.05) is 0 Å². The van der Waals surface area contributed by atoms with Crippen LogP contribution in [0.3, 0.4) is 0 Å². The molecule has 0 aliphatic carbocycles. The van der Waals surface area contributed by atoms with Gasteiger partial charge < -0.3 is 20.3 Å². The predicted molar refractivity (Wildman–Crippen MR) is 86.3 cm³/mol. The maximum absolute atomic E-state index is 11.8. The number of phenolic OH excluding ortho intramolecular Hbond substituents is 1. The molecule has 0 saturated carbocycles. The molecule has 7 nitrogen and oxygen atoms in total. The van der Waals surface area contributed by atoms with Crippen molar-refractivity contribution >= 4 is 17.7 Å². The van der Waals surface area contributed by atoms with Crippen LogP contribution in [-0.4, -0.2) is 35.4 Å². The Hall–Kier alpha value is -2.28. The smallest absolute Gasteiger partial charge is 0.412 e. The highest BCUT2D eigenvalue weighted by atomic mass is 16.6. The van der Waals surface area contributed by atoms with E-state index in [1.54, 1.807) is 39.8 Å². The van der Waals surface area contributed by atoms with E-state index in [9.17, 15) is 14.7 Å². The van der Waals surface area contributed by atoms with Gasteiger partial charge in [-0.15, -0.1) is 0 Å². The first kappa shape index (κ1) is 18.8. The molecule has 0 heterocycles. The molecule has 7 heteroatoms. The molecule has 1 atom stereocenters. The maximum Gasteiger partial charge on any atom is 0.412 e. The number of nitrogens with two attached hydrogens (primary N) is 1. The highest BCUT2D eigenvalue weighted by Crippen LogP contribution is 2.25. The quantitative estimate of drug-likeness (QED) is 0.565. The number of amides is 1. The van der Waals surface area contributed by atoms with Gasteiger partial charge in [0.05, 0.1) is 12.3 Å². The summed E-state index contributed by atoms with van der Waals surface area (Å²) in [6, 6.07) is 3.77. The molecule has 128 valence electrons. The summed E-state index contributed by atoms with van der Waals surface area (Å²) in [6.45, 7) is 7.17. The fourth-order valence-electron chi connectivity index (χ4n) is 1.81. The molecule has 1 aromatic rings. The molecule has 0 bridgehead atoms. The van der Waals surface area contributed by atoms with Gasteiger partial charge >= 0.3 is 12.1 Å². The van der Waals surface area contributed by atoms with Crippen molar-refractivity contribution in [3.8, 4) is 5.75 Å². The van der Waals surface area contributed by atoms with Gasteiger partial charge in [-0.3, -0.25) is 10.1 Å². The topological polar surface area (TPSA) is 111 Å². The van der Waals surface area contributed by atoms with Crippen LogP contribution in [0.4, 0.5) is 10.5 Å². The summed E-state index contributed by atoms with van der Waals surface area (Å²) < 4.78 is 9.97. The van der Waals surface area contributed by atoms with E-state index in [1.165, 1.54) is 6.07 Å². The molecule has 0 radical (unpaired) electrons. The Balaban J connectivity index is 2.79. The van der Waals surface area contributed by atoms with Gasteiger partial charge in [0.2, 0.25) is 0 Å². The average molecular weight is 324 g/mol. The Morgan fingerprint density at radius 2 is 2.00 bits per heavy atom. The zero-order valence-corrected chi connectivity index (χ0v) is 13.9. The zero-order chi connectivity index (χ0) is 17.6. The van der Waals surface area contributed by atoms with Crippen LogP contribution in [0.5, 0.6) is 5.75 Å². The molecular weight excluding hydrogens is 300 g/mol. The van der Waals surface area contributed by atoms with E-state index in [0.29, 0.717) is 5.56 Å². The fraction of sp³-hybridized carbons (Fsp3) is 0.500. The third-order valence-electron chi connectivity index (χ3n) is 2.74. The van der Waals surface area contributed by atoms with Crippen LogP contribution in [0.2, 0.25) is 0 Å². The maximum atomic E-state index is 11.8. The van der Waals surface area contributed by atoms with Crippen LogP contribution in [-0.2, 0) is 20.7 Å². The van der Waals surface area contributed by atoms with E-state index in [4.69, 9.17) is 15.2 Å². The van der Waals surface area contributed by atoms with Crippen molar-refractivity contribution in [2.24, 2.45) is 5.73 Å². The molecule has 0 spiro atoms. The summed E-state index contributed by atoms with van der Waals surface area (Å²) in [7, 11) is 0. The third kappa shape index (κ3) is 6.56.